The van der Waals surface area contributed by atoms with Gasteiger partial charge in [-0.15, -0.1) is 0 Å². The minimum absolute atomic E-state index is 0.276. The smallest absolute Gasteiger partial charge is 0.247 e. The molecule has 1 amide bonds. The van der Waals surface area contributed by atoms with Crippen LogP contribution in [0.1, 0.15) is 11.6 Å². The molecule has 0 spiro atoms. The Balaban J connectivity index is 2.02. The zero-order chi connectivity index (χ0) is 15.1. The third kappa shape index (κ3) is 2.29. The number of nitrogens with two attached hydrogens (primary N) is 1. The molecule has 0 aromatic heterocycles. The van der Waals surface area contributed by atoms with E-state index in [1.54, 1.807) is 36.4 Å². The summed E-state index contributed by atoms with van der Waals surface area (Å²) in [5.74, 6) is -0.669. The quantitative estimate of drug-likeness (QED) is 0.859. The van der Waals surface area contributed by atoms with Crippen molar-refractivity contribution in [1.29, 1.82) is 0 Å². The van der Waals surface area contributed by atoms with Gasteiger partial charge in [-0.1, -0.05) is 41.4 Å². The Kier molecular flexibility index (Phi) is 3.61. The van der Waals surface area contributed by atoms with Crippen LogP contribution in [0.15, 0.2) is 42.5 Å². The third-order valence-electron chi connectivity index (χ3n) is 3.55. The molecule has 2 atom stereocenters. The van der Waals surface area contributed by atoms with E-state index in [0.717, 1.165) is 0 Å². The highest BCUT2D eigenvalue weighted by molar-refractivity contribution is 6.42. The fraction of sp³-hybridized carbons (Fsp3) is 0.133. The maximum Gasteiger partial charge on any atom is 0.247 e. The normalized spacial score (nSPS) is 21.3. The van der Waals surface area contributed by atoms with Gasteiger partial charge in [-0.2, -0.15) is 0 Å². The summed E-state index contributed by atoms with van der Waals surface area (Å²) in [6.45, 7) is 0. The zero-order valence-corrected chi connectivity index (χ0v) is 12.3. The summed E-state index contributed by atoms with van der Waals surface area (Å²) in [6.07, 6.45) is 0. The van der Waals surface area contributed by atoms with E-state index in [-0.39, 0.29) is 5.91 Å². The Hall–Kier alpha value is -1.62. The number of hydrogen-bond donors (Lipinski definition) is 1. The van der Waals surface area contributed by atoms with Crippen molar-refractivity contribution in [2.45, 2.75) is 12.1 Å². The van der Waals surface area contributed by atoms with Crippen LogP contribution in [0.2, 0.25) is 10.0 Å². The van der Waals surface area contributed by atoms with Crippen molar-refractivity contribution in [3.63, 3.8) is 0 Å². The number of carbonyl (C=O) groups is 1. The first-order valence-electron chi connectivity index (χ1n) is 6.29. The average molecular weight is 325 g/mol. The molecule has 108 valence electrons. The molecule has 3 rings (SSSR count). The molecule has 1 saturated heterocycles. The van der Waals surface area contributed by atoms with E-state index in [0.29, 0.717) is 21.3 Å². The van der Waals surface area contributed by atoms with Crippen LogP contribution in [0.4, 0.5) is 10.1 Å². The monoisotopic (exact) mass is 324 g/mol. The van der Waals surface area contributed by atoms with Crippen LogP contribution in [0.3, 0.4) is 0 Å². The lowest BCUT2D eigenvalue weighted by atomic mass is 9.88. The average Bonchev–Trinajstić information content (AvgIpc) is 2.48. The Morgan fingerprint density at radius 1 is 1.10 bits per heavy atom. The summed E-state index contributed by atoms with van der Waals surface area (Å²) in [4.78, 5) is 13.5. The number of nitrogens with zero attached hydrogens (tertiary/aromatic N) is 1. The number of halogens is 3. The fourth-order valence-electron chi connectivity index (χ4n) is 2.48. The number of β-lactam (4-membered cyclic amide) rings is 1. The number of benzene rings is 2. The topological polar surface area (TPSA) is 46.3 Å². The molecule has 1 fully saturated rings. The SMILES string of the molecule is N[C@@H]1C(=O)N(c2ccc(Cl)c(Cl)c2)[C@@H]1c1ccccc1F. The minimum Gasteiger partial charge on any atom is -0.318 e. The molecule has 2 N–H and O–H groups in total. The lowest BCUT2D eigenvalue weighted by Crippen LogP contribution is -2.63. The first kappa shape index (κ1) is 14.3. The van der Waals surface area contributed by atoms with E-state index in [1.165, 1.54) is 11.0 Å². The van der Waals surface area contributed by atoms with Gasteiger partial charge in [0.2, 0.25) is 5.91 Å². The van der Waals surface area contributed by atoms with Gasteiger partial charge >= 0.3 is 0 Å². The van der Waals surface area contributed by atoms with Crippen LogP contribution in [-0.4, -0.2) is 11.9 Å². The minimum atomic E-state index is -0.767. The van der Waals surface area contributed by atoms with E-state index in [1.807, 2.05) is 0 Å². The summed E-state index contributed by atoms with van der Waals surface area (Å²) < 4.78 is 14.0. The van der Waals surface area contributed by atoms with Crippen LogP contribution in [-0.2, 0) is 4.79 Å². The molecule has 21 heavy (non-hydrogen) atoms. The lowest BCUT2D eigenvalue weighted by molar-refractivity contribution is -0.126. The highest BCUT2D eigenvalue weighted by atomic mass is 35.5. The molecule has 2 aromatic rings. The highest BCUT2D eigenvalue weighted by Gasteiger charge is 2.47. The van der Waals surface area contributed by atoms with Crippen LogP contribution in [0.25, 0.3) is 0 Å². The largest absolute Gasteiger partial charge is 0.318 e. The number of amides is 1. The molecule has 1 aliphatic rings. The Morgan fingerprint density at radius 3 is 2.48 bits per heavy atom. The number of rotatable bonds is 2. The van der Waals surface area contributed by atoms with Gasteiger partial charge in [0.05, 0.1) is 16.1 Å². The number of anilines is 1. The Morgan fingerprint density at radius 2 is 1.81 bits per heavy atom. The van der Waals surface area contributed by atoms with Crippen molar-refractivity contribution in [2.24, 2.45) is 5.73 Å². The van der Waals surface area contributed by atoms with Gasteiger partial charge in [0.25, 0.3) is 0 Å². The van der Waals surface area contributed by atoms with Crippen molar-refractivity contribution in [2.75, 3.05) is 4.90 Å². The van der Waals surface area contributed by atoms with Gasteiger partial charge in [-0.25, -0.2) is 4.39 Å². The standard InChI is InChI=1S/C15H11Cl2FN2O/c16-10-6-5-8(7-11(10)17)20-14(13(19)15(20)21)9-3-1-2-4-12(9)18/h1-7,13-14H,19H2/t13-,14+/m0/s1. The molecule has 1 heterocycles. The molecule has 3 nitrogen and oxygen atoms in total. The first-order valence-corrected chi connectivity index (χ1v) is 7.04. The number of hydrogen-bond acceptors (Lipinski definition) is 2. The van der Waals surface area contributed by atoms with Gasteiger partial charge in [0, 0.05) is 11.3 Å². The zero-order valence-electron chi connectivity index (χ0n) is 10.8. The molecule has 0 bridgehead atoms. The lowest BCUT2D eigenvalue weighted by Gasteiger charge is -2.45. The maximum atomic E-state index is 14.0. The second-order valence-electron chi connectivity index (χ2n) is 4.80. The Labute approximate surface area is 131 Å². The summed E-state index contributed by atoms with van der Waals surface area (Å²) in [5.41, 5.74) is 6.78. The van der Waals surface area contributed by atoms with Crippen LogP contribution in [0, 0.1) is 5.82 Å². The summed E-state index contributed by atoms with van der Waals surface area (Å²) in [7, 11) is 0. The van der Waals surface area contributed by atoms with Gasteiger partial charge in [0.1, 0.15) is 11.9 Å². The van der Waals surface area contributed by atoms with Crippen LogP contribution < -0.4 is 10.6 Å². The number of carbonyl (C=O) groups excluding carboxylic acids is 1. The Bertz CT molecular complexity index is 723. The molecular weight excluding hydrogens is 314 g/mol. The molecule has 0 unspecified atom stereocenters. The van der Waals surface area contributed by atoms with Crippen molar-refractivity contribution in [1.82, 2.24) is 0 Å². The predicted octanol–water partition coefficient (Wildman–Crippen LogP) is 3.55. The molecule has 0 aliphatic carbocycles. The highest BCUT2D eigenvalue weighted by Crippen LogP contribution is 2.40. The summed E-state index contributed by atoms with van der Waals surface area (Å²) in [6, 6.07) is 9.78. The molecule has 1 aliphatic heterocycles. The molecule has 0 saturated carbocycles. The van der Waals surface area contributed by atoms with E-state index in [2.05, 4.69) is 0 Å². The third-order valence-corrected chi connectivity index (χ3v) is 4.29. The van der Waals surface area contributed by atoms with E-state index in [9.17, 15) is 9.18 Å². The van der Waals surface area contributed by atoms with Crippen LogP contribution in [0.5, 0.6) is 0 Å². The van der Waals surface area contributed by atoms with E-state index in [4.69, 9.17) is 28.9 Å². The van der Waals surface area contributed by atoms with Crippen molar-refractivity contribution < 1.29 is 9.18 Å². The van der Waals surface area contributed by atoms with Crippen LogP contribution >= 0.6 is 23.2 Å². The van der Waals surface area contributed by atoms with Gasteiger partial charge in [-0.05, 0) is 24.3 Å². The molecule has 6 heteroatoms. The predicted molar refractivity (Wildman–Crippen MR) is 81.1 cm³/mol. The maximum absolute atomic E-state index is 14.0. The van der Waals surface area contributed by atoms with E-state index >= 15 is 0 Å². The first-order chi connectivity index (χ1) is 10.0. The second-order valence-corrected chi connectivity index (χ2v) is 5.61. The van der Waals surface area contributed by atoms with Gasteiger partial charge in [0.15, 0.2) is 0 Å². The van der Waals surface area contributed by atoms with Crippen molar-refractivity contribution in [3.8, 4) is 0 Å². The molecular formula is C15H11Cl2FN2O. The summed E-state index contributed by atoms with van der Waals surface area (Å²) >= 11 is 11.8. The fourth-order valence-corrected chi connectivity index (χ4v) is 2.77. The van der Waals surface area contributed by atoms with Crippen molar-refractivity contribution >= 4 is 34.8 Å². The van der Waals surface area contributed by atoms with E-state index < -0.39 is 17.9 Å². The van der Waals surface area contributed by atoms with Gasteiger partial charge in [-0.3, -0.25) is 4.79 Å². The van der Waals surface area contributed by atoms with Gasteiger partial charge < -0.3 is 10.6 Å². The molecule has 2 aromatic carbocycles. The summed E-state index contributed by atoms with van der Waals surface area (Å²) in [5, 5.41) is 0.717. The second kappa shape index (κ2) is 5.30. The molecule has 0 radical (unpaired) electrons. The van der Waals surface area contributed by atoms with Crippen molar-refractivity contribution in [3.05, 3.63) is 63.9 Å².